The first kappa shape index (κ1) is 15.6. The summed E-state index contributed by atoms with van der Waals surface area (Å²) in [6.45, 7) is 3.02. The van der Waals surface area contributed by atoms with Gasteiger partial charge < -0.3 is 9.84 Å². The number of aliphatic hydroxyl groups excluding tert-OH is 1. The van der Waals surface area contributed by atoms with Crippen LogP contribution >= 0.6 is 0 Å². The summed E-state index contributed by atoms with van der Waals surface area (Å²) >= 11 is 0. The van der Waals surface area contributed by atoms with Crippen molar-refractivity contribution >= 4 is 5.97 Å². The first-order chi connectivity index (χ1) is 8.89. The van der Waals surface area contributed by atoms with Gasteiger partial charge in [0.25, 0.3) is 0 Å². The summed E-state index contributed by atoms with van der Waals surface area (Å²) in [6, 6.07) is 8.99. The molecule has 0 bridgehead atoms. The molecule has 2 unspecified atom stereocenters. The minimum absolute atomic E-state index is 0.143. The molecule has 0 aliphatic heterocycles. The average molecular weight is 272 g/mol. The highest BCUT2D eigenvalue weighted by Gasteiger charge is 2.48. The van der Waals surface area contributed by atoms with E-state index < -0.39 is 18.0 Å². The zero-order valence-corrected chi connectivity index (χ0v) is 11.0. The number of aliphatic hydroxyl groups is 1. The Morgan fingerprint density at radius 2 is 1.95 bits per heavy atom. The molecule has 0 radical (unpaired) electrons. The second kappa shape index (κ2) is 6.61. The minimum Gasteiger partial charge on any atom is -0.461 e. The molecule has 19 heavy (non-hydrogen) atoms. The summed E-state index contributed by atoms with van der Waals surface area (Å²) in [7, 11) is 0. The fraction of sp³-hybridized carbons (Fsp3) is 0.500. The largest absolute Gasteiger partial charge is 0.461 e. The first-order valence-electron chi connectivity index (χ1n) is 6.17. The number of rotatable bonds is 6. The number of ether oxygens (including phenoxy) is 1. The SMILES string of the molecule is CCOC(=O)C(F)(F)C(O)CC(C)c1ccccc1. The first-order valence-corrected chi connectivity index (χ1v) is 6.17. The molecule has 3 nitrogen and oxygen atoms in total. The van der Waals surface area contributed by atoms with Crippen molar-refractivity contribution in [1.29, 1.82) is 0 Å². The molecule has 0 fully saturated rings. The highest BCUT2D eigenvalue weighted by molar-refractivity contribution is 5.78. The van der Waals surface area contributed by atoms with E-state index in [1.807, 2.05) is 6.07 Å². The maximum Gasteiger partial charge on any atom is 0.379 e. The van der Waals surface area contributed by atoms with Gasteiger partial charge in [0.2, 0.25) is 0 Å². The molecule has 1 N–H and O–H groups in total. The maximum absolute atomic E-state index is 13.5. The molecular weight excluding hydrogens is 254 g/mol. The topological polar surface area (TPSA) is 46.5 Å². The van der Waals surface area contributed by atoms with Gasteiger partial charge in [-0.3, -0.25) is 0 Å². The van der Waals surface area contributed by atoms with Crippen molar-refractivity contribution in [2.45, 2.75) is 38.2 Å². The zero-order valence-electron chi connectivity index (χ0n) is 11.0. The highest BCUT2D eigenvalue weighted by atomic mass is 19.3. The van der Waals surface area contributed by atoms with E-state index in [2.05, 4.69) is 4.74 Å². The van der Waals surface area contributed by atoms with Crippen LogP contribution in [0.5, 0.6) is 0 Å². The van der Waals surface area contributed by atoms with Gasteiger partial charge in [0.1, 0.15) is 6.10 Å². The van der Waals surface area contributed by atoms with Crippen molar-refractivity contribution in [3.63, 3.8) is 0 Å². The fourth-order valence-corrected chi connectivity index (χ4v) is 1.76. The monoisotopic (exact) mass is 272 g/mol. The lowest BCUT2D eigenvalue weighted by molar-refractivity contribution is -0.189. The van der Waals surface area contributed by atoms with E-state index in [0.29, 0.717) is 0 Å². The van der Waals surface area contributed by atoms with Crippen molar-refractivity contribution in [2.75, 3.05) is 6.61 Å². The Morgan fingerprint density at radius 1 is 1.37 bits per heavy atom. The Bertz CT molecular complexity index is 406. The van der Waals surface area contributed by atoms with Crippen molar-refractivity contribution < 1.29 is 23.4 Å². The van der Waals surface area contributed by atoms with E-state index in [9.17, 15) is 18.7 Å². The van der Waals surface area contributed by atoms with Crippen LogP contribution < -0.4 is 0 Å². The molecular formula is C14H18F2O3. The molecule has 0 aliphatic carbocycles. The number of halogens is 2. The summed E-state index contributed by atoms with van der Waals surface area (Å²) in [4.78, 5) is 11.1. The van der Waals surface area contributed by atoms with E-state index >= 15 is 0 Å². The average Bonchev–Trinajstić information content (AvgIpc) is 2.39. The van der Waals surface area contributed by atoms with Gasteiger partial charge in [0.05, 0.1) is 6.61 Å². The lowest BCUT2D eigenvalue weighted by Gasteiger charge is -2.23. The number of carbonyl (C=O) groups is 1. The molecule has 0 amide bonds. The van der Waals surface area contributed by atoms with Crippen LogP contribution in [-0.2, 0) is 9.53 Å². The second-order valence-corrected chi connectivity index (χ2v) is 4.41. The van der Waals surface area contributed by atoms with Gasteiger partial charge >= 0.3 is 11.9 Å². The van der Waals surface area contributed by atoms with Crippen molar-refractivity contribution in [3.8, 4) is 0 Å². The number of benzene rings is 1. The van der Waals surface area contributed by atoms with Crippen LogP contribution in [-0.4, -0.2) is 29.7 Å². The summed E-state index contributed by atoms with van der Waals surface area (Å²) in [6.07, 6.45) is -2.27. The summed E-state index contributed by atoms with van der Waals surface area (Å²) < 4.78 is 31.4. The number of hydrogen-bond donors (Lipinski definition) is 1. The third-order valence-electron chi connectivity index (χ3n) is 2.91. The molecule has 1 rings (SSSR count). The number of carbonyl (C=O) groups excluding carboxylic acids is 1. The molecule has 5 heteroatoms. The molecule has 106 valence electrons. The van der Waals surface area contributed by atoms with Crippen LogP contribution in [0.15, 0.2) is 30.3 Å². The zero-order chi connectivity index (χ0) is 14.5. The summed E-state index contributed by atoms with van der Waals surface area (Å²) in [5.74, 6) is -5.83. The Hall–Kier alpha value is -1.49. The van der Waals surface area contributed by atoms with Gasteiger partial charge in [0.15, 0.2) is 0 Å². The van der Waals surface area contributed by atoms with Crippen molar-refractivity contribution in [2.24, 2.45) is 0 Å². The molecule has 0 aromatic heterocycles. The Morgan fingerprint density at radius 3 is 2.47 bits per heavy atom. The van der Waals surface area contributed by atoms with E-state index in [1.165, 1.54) is 6.92 Å². The Labute approximate surface area is 111 Å². The third-order valence-corrected chi connectivity index (χ3v) is 2.91. The number of alkyl halides is 2. The van der Waals surface area contributed by atoms with Gasteiger partial charge in [-0.2, -0.15) is 8.78 Å². The van der Waals surface area contributed by atoms with Crippen LogP contribution in [0.25, 0.3) is 0 Å². The van der Waals surface area contributed by atoms with Gasteiger partial charge in [-0.15, -0.1) is 0 Å². The summed E-state index contributed by atoms with van der Waals surface area (Å²) in [5, 5.41) is 9.55. The van der Waals surface area contributed by atoms with Gasteiger partial charge in [-0.05, 0) is 24.8 Å². The number of hydrogen-bond acceptors (Lipinski definition) is 3. The van der Waals surface area contributed by atoms with Gasteiger partial charge in [-0.25, -0.2) is 4.79 Å². The number of esters is 1. The maximum atomic E-state index is 13.5. The van der Waals surface area contributed by atoms with Crippen LogP contribution in [0.4, 0.5) is 8.78 Å². The lowest BCUT2D eigenvalue weighted by atomic mass is 9.93. The van der Waals surface area contributed by atoms with E-state index in [4.69, 9.17) is 0 Å². The molecule has 1 aromatic rings. The second-order valence-electron chi connectivity index (χ2n) is 4.41. The lowest BCUT2D eigenvalue weighted by Crippen LogP contribution is -2.43. The summed E-state index contributed by atoms with van der Waals surface area (Å²) in [5.41, 5.74) is 0.834. The fourth-order valence-electron chi connectivity index (χ4n) is 1.76. The van der Waals surface area contributed by atoms with E-state index in [1.54, 1.807) is 31.2 Å². The van der Waals surface area contributed by atoms with Crippen LogP contribution in [0, 0.1) is 0 Å². The molecule has 0 saturated heterocycles. The van der Waals surface area contributed by atoms with E-state index in [-0.39, 0.29) is 18.9 Å². The molecule has 0 heterocycles. The predicted octanol–water partition coefficient (Wildman–Crippen LogP) is 2.74. The third kappa shape index (κ3) is 3.99. The van der Waals surface area contributed by atoms with Crippen LogP contribution in [0.3, 0.4) is 0 Å². The Kier molecular flexibility index (Phi) is 5.42. The molecule has 2 atom stereocenters. The Balaban J connectivity index is 2.68. The van der Waals surface area contributed by atoms with Crippen molar-refractivity contribution in [1.82, 2.24) is 0 Å². The highest BCUT2D eigenvalue weighted by Crippen LogP contribution is 2.29. The van der Waals surface area contributed by atoms with Crippen LogP contribution in [0.2, 0.25) is 0 Å². The normalized spacial score (nSPS) is 14.8. The molecule has 0 spiro atoms. The standard InChI is InChI=1S/C14H18F2O3/c1-3-19-13(18)14(15,16)12(17)9-10(2)11-7-5-4-6-8-11/h4-8,10,12,17H,3,9H2,1-2H3. The van der Waals surface area contributed by atoms with Gasteiger partial charge in [-0.1, -0.05) is 37.3 Å². The molecule has 1 aromatic carbocycles. The predicted molar refractivity (Wildman–Crippen MR) is 67.1 cm³/mol. The van der Waals surface area contributed by atoms with E-state index in [0.717, 1.165) is 5.56 Å². The van der Waals surface area contributed by atoms with Crippen LogP contribution in [0.1, 0.15) is 31.7 Å². The minimum atomic E-state index is -3.88. The molecule has 0 aliphatic rings. The van der Waals surface area contributed by atoms with Crippen molar-refractivity contribution in [3.05, 3.63) is 35.9 Å². The molecule has 0 saturated carbocycles. The quantitative estimate of drug-likeness (QED) is 0.810. The smallest absolute Gasteiger partial charge is 0.379 e. The van der Waals surface area contributed by atoms with Gasteiger partial charge in [0, 0.05) is 0 Å².